The van der Waals surface area contributed by atoms with Gasteiger partial charge in [0.25, 0.3) is 0 Å². The standard InChI is InChI=1S/C5H7N3/c1-2-5-4-6-7-8(5)3-1/h1-3,6-7H,4H2. The second-order valence-corrected chi connectivity index (χ2v) is 1.83. The summed E-state index contributed by atoms with van der Waals surface area (Å²) >= 11 is 0. The molecule has 2 N–H and O–H groups in total. The number of nitrogens with one attached hydrogen (secondary N) is 2. The third-order valence-electron chi connectivity index (χ3n) is 1.30. The fourth-order valence-corrected chi connectivity index (χ4v) is 0.885. The van der Waals surface area contributed by atoms with Gasteiger partial charge in [-0.05, 0) is 12.1 Å². The van der Waals surface area contributed by atoms with Crippen molar-refractivity contribution in [1.82, 2.24) is 10.1 Å². The highest BCUT2D eigenvalue weighted by Crippen LogP contribution is 2.01. The number of rotatable bonds is 0. The van der Waals surface area contributed by atoms with Crippen LogP contribution in [0.1, 0.15) is 5.69 Å². The Labute approximate surface area is 47.2 Å². The van der Waals surface area contributed by atoms with E-state index in [1.807, 2.05) is 16.9 Å². The minimum absolute atomic E-state index is 0.924. The van der Waals surface area contributed by atoms with Crippen LogP contribution in [0.15, 0.2) is 18.3 Å². The summed E-state index contributed by atoms with van der Waals surface area (Å²) < 4.78 is 1.96. The van der Waals surface area contributed by atoms with Gasteiger partial charge in [0.05, 0.1) is 12.2 Å². The minimum Gasteiger partial charge on any atom is -0.259 e. The number of fused-ring (bicyclic) bond motifs is 1. The molecule has 3 heteroatoms. The summed E-state index contributed by atoms with van der Waals surface area (Å²) in [7, 11) is 0. The van der Waals surface area contributed by atoms with E-state index in [1.165, 1.54) is 5.69 Å². The van der Waals surface area contributed by atoms with Gasteiger partial charge in [0, 0.05) is 6.20 Å². The molecule has 2 rings (SSSR count). The molecule has 0 bridgehead atoms. The van der Waals surface area contributed by atoms with Gasteiger partial charge in [-0.1, -0.05) is 0 Å². The quantitative estimate of drug-likeness (QED) is 0.493. The second-order valence-electron chi connectivity index (χ2n) is 1.83. The Hall–Kier alpha value is -0.960. The Morgan fingerprint density at radius 3 is 3.50 bits per heavy atom. The first kappa shape index (κ1) is 3.97. The van der Waals surface area contributed by atoms with Crippen molar-refractivity contribution in [3.63, 3.8) is 0 Å². The minimum atomic E-state index is 0.924. The van der Waals surface area contributed by atoms with Gasteiger partial charge in [0.15, 0.2) is 0 Å². The first-order valence-electron chi connectivity index (χ1n) is 2.62. The lowest BCUT2D eigenvalue weighted by Gasteiger charge is -1.94. The highest BCUT2D eigenvalue weighted by molar-refractivity contribution is 5.11. The van der Waals surface area contributed by atoms with E-state index in [4.69, 9.17) is 0 Å². The van der Waals surface area contributed by atoms with E-state index >= 15 is 0 Å². The maximum atomic E-state index is 2.98. The number of nitrogens with zero attached hydrogens (tertiary/aromatic N) is 1. The van der Waals surface area contributed by atoms with Crippen molar-refractivity contribution in [2.75, 3.05) is 5.53 Å². The summed E-state index contributed by atoms with van der Waals surface area (Å²) in [6, 6.07) is 4.09. The van der Waals surface area contributed by atoms with Crippen LogP contribution in [0, 0.1) is 0 Å². The molecule has 8 heavy (non-hydrogen) atoms. The van der Waals surface area contributed by atoms with Gasteiger partial charge in [0.1, 0.15) is 0 Å². The van der Waals surface area contributed by atoms with E-state index < -0.39 is 0 Å². The second kappa shape index (κ2) is 1.26. The molecule has 0 atom stereocenters. The van der Waals surface area contributed by atoms with E-state index in [-0.39, 0.29) is 0 Å². The highest BCUT2D eigenvalue weighted by atomic mass is 15.7. The van der Waals surface area contributed by atoms with Crippen molar-refractivity contribution < 1.29 is 0 Å². The van der Waals surface area contributed by atoms with Gasteiger partial charge in [-0.25, -0.2) is 5.43 Å². The third kappa shape index (κ3) is 0.364. The molecule has 0 saturated carbocycles. The Bertz CT molecular complexity index is 173. The van der Waals surface area contributed by atoms with Crippen molar-refractivity contribution in [2.24, 2.45) is 0 Å². The summed E-state index contributed by atoms with van der Waals surface area (Å²) in [5.74, 6) is 0. The van der Waals surface area contributed by atoms with Gasteiger partial charge in [-0.15, -0.1) is 0 Å². The predicted molar refractivity (Wildman–Crippen MR) is 30.6 cm³/mol. The average Bonchev–Trinajstić information content (AvgIpc) is 2.15. The van der Waals surface area contributed by atoms with E-state index in [2.05, 4.69) is 17.0 Å². The topological polar surface area (TPSA) is 29.0 Å². The first-order chi connectivity index (χ1) is 3.97. The Morgan fingerprint density at radius 2 is 2.62 bits per heavy atom. The van der Waals surface area contributed by atoms with Crippen LogP contribution in [0.2, 0.25) is 0 Å². The smallest absolute Gasteiger partial charge is 0.0587 e. The zero-order valence-electron chi connectivity index (χ0n) is 4.39. The molecule has 2 heterocycles. The van der Waals surface area contributed by atoms with Crippen molar-refractivity contribution >= 4 is 0 Å². The average molecular weight is 109 g/mol. The number of hydrogen-bond acceptors (Lipinski definition) is 2. The van der Waals surface area contributed by atoms with Crippen molar-refractivity contribution in [2.45, 2.75) is 6.54 Å². The van der Waals surface area contributed by atoms with Crippen LogP contribution in [-0.4, -0.2) is 4.68 Å². The van der Waals surface area contributed by atoms with Crippen molar-refractivity contribution in [3.8, 4) is 0 Å². The van der Waals surface area contributed by atoms with E-state index in [9.17, 15) is 0 Å². The Kier molecular flexibility index (Phi) is 0.625. The summed E-state index contributed by atoms with van der Waals surface area (Å²) in [5, 5.41) is 0. The molecule has 1 aliphatic heterocycles. The molecule has 1 aromatic rings. The molecule has 0 radical (unpaired) electrons. The fraction of sp³-hybridized carbons (Fsp3) is 0.200. The van der Waals surface area contributed by atoms with E-state index in [0.717, 1.165) is 6.54 Å². The number of aromatic nitrogens is 1. The van der Waals surface area contributed by atoms with Crippen LogP contribution in [0.3, 0.4) is 0 Å². The lowest BCUT2D eigenvalue weighted by atomic mass is 10.4. The Morgan fingerprint density at radius 1 is 1.62 bits per heavy atom. The monoisotopic (exact) mass is 109 g/mol. The van der Waals surface area contributed by atoms with Crippen LogP contribution < -0.4 is 11.0 Å². The van der Waals surface area contributed by atoms with Gasteiger partial charge < -0.3 is 0 Å². The molecule has 3 nitrogen and oxygen atoms in total. The molecular weight excluding hydrogens is 102 g/mol. The predicted octanol–water partition coefficient (Wildman–Crippen LogP) is 0.0498. The lowest BCUT2D eigenvalue weighted by Crippen LogP contribution is -2.18. The number of hydrogen-bond donors (Lipinski definition) is 2. The van der Waals surface area contributed by atoms with Crippen molar-refractivity contribution in [3.05, 3.63) is 24.0 Å². The van der Waals surface area contributed by atoms with E-state index in [1.54, 1.807) is 0 Å². The highest BCUT2D eigenvalue weighted by Gasteiger charge is 2.03. The fourth-order valence-electron chi connectivity index (χ4n) is 0.885. The van der Waals surface area contributed by atoms with Crippen LogP contribution in [0.25, 0.3) is 0 Å². The summed E-state index contributed by atoms with van der Waals surface area (Å²) in [5.41, 5.74) is 7.21. The maximum Gasteiger partial charge on any atom is 0.0587 e. The van der Waals surface area contributed by atoms with Crippen LogP contribution >= 0.6 is 0 Å². The lowest BCUT2D eigenvalue weighted by molar-refractivity contribution is 0.803. The molecule has 0 saturated heterocycles. The summed E-state index contributed by atoms with van der Waals surface area (Å²) in [4.78, 5) is 0. The van der Waals surface area contributed by atoms with Crippen LogP contribution in [-0.2, 0) is 6.54 Å². The molecule has 42 valence electrons. The Balaban J connectivity index is 2.54. The summed E-state index contributed by atoms with van der Waals surface area (Å²) in [6.45, 7) is 0.924. The molecule has 0 unspecified atom stereocenters. The third-order valence-corrected chi connectivity index (χ3v) is 1.30. The normalized spacial score (nSPS) is 15.5. The zero-order valence-corrected chi connectivity index (χ0v) is 4.39. The molecule has 0 aromatic carbocycles. The molecule has 0 aliphatic carbocycles. The van der Waals surface area contributed by atoms with Gasteiger partial charge in [-0.3, -0.25) is 10.2 Å². The SMILES string of the molecule is c1cc2n(c1)NNC2. The molecule has 1 aromatic heterocycles. The molecule has 0 spiro atoms. The van der Waals surface area contributed by atoms with Crippen LogP contribution in [0.5, 0.6) is 0 Å². The first-order valence-corrected chi connectivity index (χ1v) is 2.62. The zero-order chi connectivity index (χ0) is 5.40. The van der Waals surface area contributed by atoms with E-state index in [0.29, 0.717) is 0 Å². The van der Waals surface area contributed by atoms with Crippen molar-refractivity contribution in [1.29, 1.82) is 0 Å². The van der Waals surface area contributed by atoms with Gasteiger partial charge >= 0.3 is 0 Å². The molecular formula is C5H7N3. The van der Waals surface area contributed by atoms with Crippen LogP contribution in [0.4, 0.5) is 0 Å². The molecule has 0 amide bonds. The molecule has 1 aliphatic rings. The number of hydrazine groups is 1. The summed E-state index contributed by atoms with van der Waals surface area (Å²) in [6.07, 6.45) is 1.98. The molecule has 0 fully saturated rings. The van der Waals surface area contributed by atoms with Gasteiger partial charge in [-0.2, -0.15) is 0 Å². The maximum absolute atomic E-state index is 2.98. The largest absolute Gasteiger partial charge is 0.259 e. The van der Waals surface area contributed by atoms with Gasteiger partial charge in [0.2, 0.25) is 0 Å².